The van der Waals surface area contributed by atoms with E-state index in [-0.39, 0.29) is 0 Å². The highest BCUT2D eigenvalue weighted by molar-refractivity contribution is 6.27. The van der Waals surface area contributed by atoms with Gasteiger partial charge in [-0.3, -0.25) is 0 Å². The Kier molecular flexibility index (Phi) is 5.70. The summed E-state index contributed by atoms with van der Waals surface area (Å²) in [5.74, 6) is 0. The Balaban J connectivity index is 1.27. The molecule has 11 aromatic rings. The third-order valence-corrected chi connectivity index (χ3v) is 10.5. The van der Waals surface area contributed by atoms with Crippen LogP contribution in [0.25, 0.3) is 110 Å². The molecule has 2 heteroatoms. The lowest BCUT2D eigenvalue weighted by molar-refractivity contribution is 0.668. The molecule has 2 nitrogen and oxygen atoms in total. The van der Waals surface area contributed by atoms with Crippen molar-refractivity contribution in [2.45, 2.75) is 0 Å². The fraction of sp³-hybridized carbons (Fsp3) is 0. The molecule has 0 fully saturated rings. The van der Waals surface area contributed by atoms with Crippen LogP contribution in [0.5, 0.6) is 0 Å². The minimum absolute atomic E-state index is 0.870. The highest BCUT2D eigenvalue weighted by Crippen LogP contribution is 2.49. The SMILES string of the molecule is c1ccc2c(-c3c4ccccc4c(-c4cc(-c5ccc6c(c5)oc5ccccc56)cc5oc6ccccc6c45)c4ccccc34)cccc2c1. The van der Waals surface area contributed by atoms with Crippen molar-refractivity contribution in [3.8, 4) is 33.4 Å². The first-order valence-corrected chi connectivity index (χ1v) is 17.1. The second kappa shape index (κ2) is 10.4. The molecule has 11 rings (SSSR count). The van der Waals surface area contributed by atoms with Crippen LogP contribution in [-0.4, -0.2) is 0 Å². The van der Waals surface area contributed by atoms with Crippen molar-refractivity contribution >= 4 is 76.2 Å². The zero-order valence-corrected chi connectivity index (χ0v) is 27.0. The molecule has 2 heterocycles. The van der Waals surface area contributed by atoms with Crippen LogP contribution in [0.1, 0.15) is 0 Å². The zero-order chi connectivity index (χ0) is 32.8. The molecule has 0 saturated heterocycles. The van der Waals surface area contributed by atoms with Crippen molar-refractivity contribution in [3.05, 3.63) is 170 Å². The number of furan rings is 2. The summed E-state index contributed by atoms with van der Waals surface area (Å²) < 4.78 is 13.0. The van der Waals surface area contributed by atoms with Crippen LogP contribution < -0.4 is 0 Å². The zero-order valence-electron chi connectivity index (χ0n) is 27.0. The molecule has 9 aromatic carbocycles. The highest BCUT2D eigenvalue weighted by Gasteiger charge is 2.22. The topological polar surface area (TPSA) is 26.3 Å². The van der Waals surface area contributed by atoms with Gasteiger partial charge in [0.1, 0.15) is 22.3 Å². The van der Waals surface area contributed by atoms with Gasteiger partial charge < -0.3 is 8.83 Å². The number of para-hydroxylation sites is 2. The lowest BCUT2D eigenvalue weighted by Crippen LogP contribution is -1.92. The van der Waals surface area contributed by atoms with Gasteiger partial charge in [0.05, 0.1) is 0 Å². The molecule has 0 aliphatic rings. The second-order valence-electron chi connectivity index (χ2n) is 13.2. The molecule has 0 N–H and O–H groups in total. The number of hydrogen-bond donors (Lipinski definition) is 0. The number of rotatable bonds is 3. The van der Waals surface area contributed by atoms with Gasteiger partial charge in [0.15, 0.2) is 0 Å². The van der Waals surface area contributed by atoms with Crippen molar-refractivity contribution in [1.29, 1.82) is 0 Å². The van der Waals surface area contributed by atoms with Gasteiger partial charge in [0, 0.05) is 21.5 Å². The van der Waals surface area contributed by atoms with Gasteiger partial charge in [0.2, 0.25) is 0 Å². The van der Waals surface area contributed by atoms with Crippen LogP contribution in [0.4, 0.5) is 0 Å². The Morgan fingerprint density at radius 2 is 0.780 bits per heavy atom. The van der Waals surface area contributed by atoms with Gasteiger partial charge in [-0.1, -0.05) is 133 Å². The predicted octanol–water partition coefficient (Wildman–Crippen LogP) is 13.9. The summed E-state index contributed by atoms with van der Waals surface area (Å²) in [5.41, 5.74) is 10.6. The molecule has 0 spiro atoms. The lowest BCUT2D eigenvalue weighted by Gasteiger charge is -2.19. The first kappa shape index (κ1) is 27.3. The number of hydrogen-bond acceptors (Lipinski definition) is 2. The van der Waals surface area contributed by atoms with E-state index in [0.29, 0.717) is 0 Å². The van der Waals surface area contributed by atoms with Gasteiger partial charge in [0.25, 0.3) is 0 Å². The van der Waals surface area contributed by atoms with Crippen LogP contribution in [0.2, 0.25) is 0 Å². The van der Waals surface area contributed by atoms with Gasteiger partial charge in [-0.15, -0.1) is 0 Å². The Labute approximate surface area is 287 Å². The van der Waals surface area contributed by atoms with Crippen molar-refractivity contribution in [1.82, 2.24) is 0 Å². The van der Waals surface area contributed by atoms with Crippen LogP contribution in [0.3, 0.4) is 0 Å². The highest BCUT2D eigenvalue weighted by atomic mass is 16.3. The van der Waals surface area contributed by atoms with E-state index in [4.69, 9.17) is 8.83 Å². The summed E-state index contributed by atoms with van der Waals surface area (Å²) in [6.45, 7) is 0. The van der Waals surface area contributed by atoms with E-state index in [9.17, 15) is 0 Å². The van der Waals surface area contributed by atoms with E-state index in [2.05, 4.69) is 152 Å². The molecule has 2 aromatic heterocycles. The summed E-state index contributed by atoms with van der Waals surface area (Å²) >= 11 is 0. The Morgan fingerprint density at radius 1 is 0.280 bits per heavy atom. The lowest BCUT2D eigenvalue weighted by atomic mass is 9.83. The van der Waals surface area contributed by atoms with E-state index in [1.54, 1.807) is 0 Å². The molecule has 50 heavy (non-hydrogen) atoms. The summed E-state index contributed by atoms with van der Waals surface area (Å²) in [6, 6.07) is 60.9. The quantitative estimate of drug-likeness (QED) is 0.180. The molecular formula is C48H28O2. The van der Waals surface area contributed by atoms with Crippen LogP contribution >= 0.6 is 0 Å². The summed E-state index contributed by atoms with van der Waals surface area (Å²) in [5, 5.41) is 11.9. The fourth-order valence-corrected chi connectivity index (χ4v) is 8.28. The third kappa shape index (κ3) is 3.90. The number of fused-ring (bicyclic) bond motifs is 9. The molecule has 0 aliphatic heterocycles. The minimum Gasteiger partial charge on any atom is -0.456 e. The molecule has 0 amide bonds. The van der Waals surface area contributed by atoms with Gasteiger partial charge in [-0.2, -0.15) is 0 Å². The fourth-order valence-electron chi connectivity index (χ4n) is 8.28. The smallest absolute Gasteiger partial charge is 0.136 e. The molecule has 0 unspecified atom stereocenters. The molecule has 0 saturated carbocycles. The van der Waals surface area contributed by atoms with Crippen molar-refractivity contribution in [2.75, 3.05) is 0 Å². The molecule has 0 bridgehead atoms. The summed E-state index contributed by atoms with van der Waals surface area (Å²) in [6.07, 6.45) is 0. The van der Waals surface area contributed by atoms with Gasteiger partial charge in [-0.05, 0) is 102 Å². The van der Waals surface area contributed by atoms with Gasteiger partial charge in [-0.25, -0.2) is 0 Å². The van der Waals surface area contributed by atoms with Crippen molar-refractivity contribution in [3.63, 3.8) is 0 Å². The minimum atomic E-state index is 0.870. The predicted molar refractivity (Wildman–Crippen MR) is 210 cm³/mol. The maximum absolute atomic E-state index is 6.65. The van der Waals surface area contributed by atoms with Gasteiger partial charge >= 0.3 is 0 Å². The standard InChI is InChI=1S/C48H28O2/c1-2-14-32-29(12-1)13-11-21-35(32)46-36-16-3-5-18-38(36)47(39-19-6-4-17-37(39)46)41-26-31(28-45-48(41)40-20-8-10-23-43(40)50-45)30-24-25-34-33-15-7-9-22-42(33)49-44(34)27-30/h1-28H. The van der Waals surface area contributed by atoms with Crippen LogP contribution in [0.15, 0.2) is 179 Å². The molecule has 0 radical (unpaired) electrons. The first-order chi connectivity index (χ1) is 24.8. The largest absolute Gasteiger partial charge is 0.456 e. The van der Waals surface area contributed by atoms with Crippen LogP contribution in [0, 0.1) is 0 Å². The normalized spacial score (nSPS) is 12.0. The molecule has 0 aliphatic carbocycles. The van der Waals surface area contributed by atoms with Crippen LogP contribution in [-0.2, 0) is 0 Å². The maximum atomic E-state index is 6.65. The Bertz CT molecular complexity index is 3090. The first-order valence-electron chi connectivity index (χ1n) is 17.1. The summed E-state index contributed by atoms with van der Waals surface area (Å²) in [7, 11) is 0. The second-order valence-corrected chi connectivity index (χ2v) is 13.2. The summed E-state index contributed by atoms with van der Waals surface area (Å²) in [4.78, 5) is 0. The van der Waals surface area contributed by atoms with E-state index in [0.717, 1.165) is 60.6 Å². The molecule has 0 atom stereocenters. The van der Waals surface area contributed by atoms with Crippen molar-refractivity contribution < 1.29 is 8.83 Å². The van der Waals surface area contributed by atoms with E-state index < -0.39 is 0 Å². The van der Waals surface area contributed by atoms with E-state index >= 15 is 0 Å². The molecule has 232 valence electrons. The average Bonchev–Trinajstić information content (AvgIpc) is 3.74. The molecular weight excluding hydrogens is 609 g/mol. The van der Waals surface area contributed by atoms with E-state index in [1.807, 2.05) is 18.2 Å². The Hall–Kier alpha value is -6.64. The Morgan fingerprint density at radius 3 is 1.50 bits per heavy atom. The van der Waals surface area contributed by atoms with Crippen molar-refractivity contribution in [2.24, 2.45) is 0 Å². The third-order valence-electron chi connectivity index (χ3n) is 10.5. The van der Waals surface area contributed by atoms with E-state index in [1.165, 1.54) is 49.0 Å². The monoisotopic (exact) mass is 636 g/mol. The maximum Gasteiger partial charge on any atom is 0.136 e. The number of benzene rings is 9. The average molecular weight is 637 g/mol.